The molecule has 1 heterocycles. The van der Waals surface area contributed by atoms with Gasteiger partial charge in [-0.2, -0.15) is 0 Å². The lowest BCUT2D eigenvalue weighted by atomic mass is 10.1. The first kappa shape index (κ1) is 19.9. The lowest BCUT2D eigenvalue weighted by Gasteiger charge is -2.26. The number of nitrogens with zero attached hydrogens (tertiary/aromatic N) is 1. The summed E-state index contributed by atoms with van der Waals surface area (Å²) in [7, 11) is 4.30. The Balaban J connectivity index is 2.09. The van der Waals surface area contributed by atoms with Crippen molar-refractivity contribution < 1.29 is 33.0 Å². The Morgan fingerprint density at radius 2 is 1.59 bits per heavy atom. The molecule has 1 aliphatic heterocycles. The largest absolute Gasteiger partial charge is 0.496 e. The van der Waals surface area contributed by atoms with Crippen LogP contribution in [-0.4, -0.2) is 39.2 Å². The topological polar surface area (TPSA) is 94.2 Å². The van der Waals surface area contributed by atoms with Gasteiger partial charge < -0.3 is 14.2 Å². The molecule has 150 valence electrons. The van der Waals surface area contributed by atoms with E-state index >= 15 is 0 Å². The van der Waals surface area contributed by atoms with E-state index in [1.165, 1.54) is 57.7 Å². The molecule has 0 unspecified atom stereocenters. The van der Waals surface area contributed by atoms with Gasteiger partial charge in [-0.3, -0.25) is 14.9 Å². The van der Waals surface area contributed by atoms with Gasteiger partial charge in [0.25, 0.3) is 11.8 Å². The molecular formula is C20H17FN2O6. The Kier molecular flexibility index (Phi) is 5.49. The van der Waals surface area contributed by atoms with Gasteiger partial charge in [-0.25, -0.2) is 14.1 Å². The van der Waals surface area contributed by atoms with E-state index in [0.717, 1.165) is 6.07 Å². The molecule has 9 heteroatoms. The summed E-state index contributed by atoms with van der Waals surface area (Å²) < 4.78 is 29.3. The molecule has 0 atom stereocenters. The maximum absolute atomic E-state index is 13.6. The number of barbiturate groups is 1. The number of nitrogens with one attached hydrogen (secondary N) is 1. The van der Waals surface area contributed by atoms with Crippen LogP contribution in [0.4, 0.5) is 14.9 Å². The molecule has 8 nitrogen and oxygen atoms in total. The van der Waals surface area contributed by atoms with Crippen LogP contribution in [0.2, 0.25) is 0 Å². The SMILES string of the molecule is COc1cc(OC)c(OC)cc1/C=C1\C(=O)NC(=O)N(c2cccc(F)c2)C1=O. The molecule has 1 N–H and O–H groups in total. The lowest BCUT2D eigenvalue weighted by Crippen LogP contribution is -2.54. The maximum atomic E-state index is 13.6. The maximum Gasteiger partial charge on any atom is 0.335 e. The fourth-order valence-electron chi connectivity index (χ4n) is 2.83. The van der Waals surface area contributed by atoms with Crippen molar-refractivity contribution in [2.24, 2.45) is 0 Å². The molecule has 29 heavy (non-hydrogen) atoms. The molecule has 4 amide bonds. The third-order valence-corrected chi connectivity index (χ3v) is 4.20. The number of imide groups is 2. The van der Waals surface area contributed by atoms with Crippen LogP contribution in [-0.2, 0) is 9.59 Å². The summed E-state index contributed by atoms with van der Waals surface area (Å²) in [4.78, 5) is 38.1. The van der Waals surface area contributed by atoms with Crippen LogP contribution < -0.4 is 24.4 Å². The number of benzene rings is 2. The molecule has 3 rings (SSSR count). The van der Waals surface area contributed by atoms with Crippen LogP contribution in [0.25, 0.3) is 6.08 Å². The number of urea groups is 1. The fraction of sp³-hybridized carbons (Fsp3) is 0.150. The highest BCUT2D eigenvalue weighted by atomic mass is 19.1. The van der Waals surface area contributed by atoms with Crippen LogP contribution in [0.3, 0.4) is 0 Å². The number of carbonyl (C=O) groups excluding carboxylic acids is 3. The summed E-state index contributed by atoms with van der Waals surface area (Å²) >= 11 is 0. The highest BCUT2D eigenvalue weighted by molar-refractivity contribution is 6.39. The molecule has 0 aromatic heterocycles. The summed E-state index contributed by atoms with van der Waals surface area (Å²) in [5.41, 5.74) is 0.00162. The van der Waals surface area contributed by atoms with Gasteiger partial charge in [0.1, 0.15) is 17.1 Å². The third-order valence-electron chi connectivity index (χ3n) is 4.20. The van der Waals surface area contributed by atoms with Crippen molar-refractivity contribution >= 4 is 29.6 Å². The van der Waals surface area contributed by atoms with E-state index in [-0.39, 0.29) is 11.3 Å². The zero-order chi connectivity index (χ0) is 21.1. The van der Waals surface area contributed by atoms with Gasteiger partial charge in [-0.15, -0.1) is 0 Å². The van der Waals surface area contributed by atoms with Crippen molar-refractivity contribution in [3.63, 3.8) is 0 Å². The van der Waals surface area contributed by atoms with Crippen LogP contribution in [0, 0.1) is 5.82 Å². The minimum atomic E-state index is -0.970. The van der Waals surface area contributed by atoms with Crippen molar-refractivity contribution in [2.75, 3.05) is 26.2 Å². The molecule has 1 aliphatic rings. The Labute approximate surface area is 165 Å². The smallest absolute Gasteiger partial charge is 0.335 e. The van der Waals surface area contributed by atoms with Crippen molar-refractivity contribution in [1.82, 2.24) is 5.32 Å². The Morgan fingerprint density at radius 1 is 0.931 bits per heavy atom. The summed E-state index contributed by atoms with van der Waals surface area (Å²) in [5.74, 6) is -1.37. The van der Waals surface area contributed by atoms with E-state index in [9.17, 15) is 18.8 Å². The highest BCUT2D eigenvalue weighted by Crippen LogP contribution is 2.36. The average molecular weight is 400 g/mol. The zero-order valence-electron chi connectivity index (χ0n) is 15.8. The van der Waals surface area contributed by atoms with Crippen LogP contribution in [0.1, 0.15) is 5.56 Å². The molecule has 0 aliphatic carbocycles. The Morgan fingerprint density at radius 3 is 2.21 bits per heavy atom. The van der Waals surface area contributed by atoms with Crippen molar-refractivity contribution in [3.8, 4) is 17.2 Å². The summed E-state index contributed by atoms with van der Waals surface area (Å²) in [5, 5.41) is 2.08. The van der Waals surface area contributed by atoms with Crippen LogP contribution >= 0.6 is 0 Å². The number of carbonyl (C=O) groups is 3. The number of hydrogen-bond acceptors (Lipinski definition) is 6. The lowest BCUT2D eigenvalue weighted by molar-refractivity contribution is -0.122. The molecule has 1 saturated heterocycles. The van der Waals surface area contributed by atoms with E-state index in [1.807, 2.05) is 0 Å². The van der Waals surface area contributed by atoms with Crippen molar-refractivity contribution in [3.05, 3.63) is 53.4 Å². The molecule has 1 fully saturated rings. The van der Waals surface area contributed by atoms with Gasteiger partial charge in [-0.1, -0.05) is 6.07 Å². The minimum Gasteiger partial charge on any atom is -0.496 e. The zero-order valence-corrected chi connectivity index (χ0v) is 15.8. The number of rotatable bonds is 5. The van der Waals surface area contributed by atoms with E-state index in [2.05, 4.69) is 5.32 Å². The first-order valence-corrected chi connectivity index (χ1v) is 8.36. The fourth-order valence-corrected chi connectivity index (χ4v) is 2.83. The second kappa shape index (κ2) is 8.01. The van der Waals surface area contributed by atoms with Crippen LogP contribution in [0.15, 0.2) is 42.0 Å². The average Bonchev–Trinajstić information content (AvgIpc) is 2.70. The standard InChI is InChI=1S/C20H17FN2O6/c1-27-15-10-17(29-3)16(28-2)8-11(15)7-14-18(24)22-20(26)23(19(14)25)13-6-4-5-12(21)9-13/h4-10H,1-3H3,(H,22,24,26)/b14-7+. The molecule has 0 spiro atoms. The van der Waals surface area contributed by atoms with E-state index in [1.54, 1.807) is 0 Å². The summed E-state index contributed by atoms with van der Waals surface area (Å²) in [6.07, 6.45) is 1.26. The van der Waals surface area contributed by atoms with Crippen molar-refractivity contribution in [2.45, 2.75) is 0 Å². The first-order valence-electron chi connectivity index (χ1n) is 8.36. The quantitative estimate of drug-likeness (QED) is 0.612. The van der Waals surface area contributed by atoms with Crippen LogP contribution in [0.5, 0.6) is 17.2 Å². The number of anilines is 1. The second-order valence-corrected chi connectivity index (χ2v) is 5.89. The predicted octanol–water partition coefficient (Wildman–Crippen LogP) is 2.52. The number of halogens is 1. The number of methoxy groups -OCH3 is 3. The van der Waals surface area contributed by atoms with Crippen molar-refractivity contribution in [1.29, 1.82) is 0 Å². The first-order chi connectivity index (χ1) is 13.9. The van der Waals surface area contributed by atoms with Gasteiger partial charge in [0, 0.05) is 11.6 Å². The minimum absolute atomic E-state index is 0.00910. The number of hydrogen-bond donors (Lipinski definition) is 1. The third kappa shape index (κ3) is 3.75. The van der Waals surface area contributed by atoms with Gasteiger partial charge in [0.05, 0.1) is 27.0 Å². The van der Waals surface area contributed by atoms with Gasteiger partial charge in [0.2, 0.25) is 0 Å². The second-order valence-electron chi connectivity index (χ2n) is 5.89. The molecule has 2 aromatic carbocycles. The molecule has 0 radical (unpaired) electrons. The van der Waals surface area contributed by atoms with Gasteiger partial charge >= 0.3 is 6.03 Å². The number of amides is 4. The number of ether oxygens (including phenoxy) is 3. The van der Waals surface area contributed by atoms with E-state index in [0.29, 0.717) is 27.7 Å². The van der Waals surface area contributed by atoms with Gasteiger partial charge in [0.15, 0.2) is 11.5 Å². The molecule has 0 saturated carbocycles. The Hall–Kier alpha value is -3.88. The predicted molar refractivity (Wildman–Crippen MR) is 101 cm³/mol. The monoisotopic (exact) mass is 400 g/mol. The van der Waals surface area contributed by atoms with Gasteiger partial charge in [-0.05, 0) is 30.3 Å². The highest BCUT2D eigenvalue weighted by Gasteiger charge is 2.37. The molecule has 0 bridgehead atoms. The normalized spacial score (nSPS) is 15.4. The van der Waals surface area contributed by atoms with E-state index in [4.69, 9.17) is 14.2 Å². The summed E-state index contributed by atoms with van der Waals surface area (Å²) in [6, 6.07) is 7.00. The Bertz CT molecular complexity index is 1030. The summed E-state index contributed by atoms with van der Waals surface area (Å²) in [6.45, 7) is 0. The molecule has 2 aromatic rings. The van der Waals surface area contributed by atoms with E-state index < -0.39 is 23.7 Å². The molecular weight excluding hydrogens is 383 g/mol.